The summed E-state index contributed by atoms with van der Waals surface area (Å²) < 4.78 is 6.88. The summed E-state index contributed by atoms with van der Waals surface area (Å²) in [5.41, 5.74) is 16.3. The van der Waals surface area contributed by atoms with Gasteiger partial charge in [0, 0.05) is 55.6 Å². The smallest absolute Gasteiger partial charge is 0.238 e. The number of benzene rings is 9. The Morgan fingerprint density at radius 1 is 0.261 bits per heavy atom. The molecule has 0 aliphatic heterocycles. The first-order valence-electron chi connectivity index (χ1n) is 23.2. The predicted octanol–water partition coefficient (Wildman–Crippen LogP) is 15.2. The van der Waals surface area contributed by atoms with Gasteiger partial charge in [-0.1, -0.05) is 146 Å². The lowest BCUT2D eigenvalue weighted by atomic mass is 9.97. The van der Waals surface area contributed by atoms with Gasteiger partial charge in [0.15, 0.2) is 11.6 Å². The molecule has 5 heterocycles. The molecule has 322 valence electrons. The zero-order valence-electron chi connectivity index (χ0n) is 37.1. The monoisotopic (exact) mass is 881 g/mol. The Kier molecular flexibility index (Phi) is 8.75. The Morgan fingerprint density at radius 3 is 1.36 bits per heavy atom. The van der Waals surface area contributed by atoms with Gasteiger partial charge in [0.25, 0.3) is 0 Å². The average molecular weight is 882 g/mol. The van der Waals surface area contributed by atoms with Crippen LogP contribution >= 0.6 is 0 Å². The Labute approximate surface area is 396 Å². The van der Waals surface area contributed by atoms with Gasteiger partial charge < -0.3 is 9.13 Å². The van der Waals surface area contributed by atoms with E-state index in [0.717, 1.165) is 99.5 Å². The second kappa shape index (κ2) is 15.6. The molecule has 5 aromatic heterocycles. The number of nitrogens with zero attached hydrogens (tertiary/aromatic N) is 7. The Morgan fingerprint density at radius 2 is 0.725 bits per heavy atom. The number of rotatable bonds is 7. The van der Waals surface area contributed by atoms with Crippen LogP contribution in [0.25, 0.3) is 128 Å². The third kappa shape index (κ3) is 6.29. The Balaban J connectivity index is 0.871. The van der Waals surface area contributed by atoms with Gasteiger partial charge in [-0.05, 0) is 107 Å². The molecule has 9 aromatic carbocycles. The van der Waals surface area contributed by atoms with Gasteiger partial charge in [-0.15, -0.1) is 0 Å². The highest BCUT2D eigenvalue weighted by atomic mass is 15.2. The summed E-state index contributed by atoms with van der Waals surface area (Å²) >= 11 is 0. The summed E-state index contributed by atoms with van der Waals surface area (Å²) in [6.07, 6.45) is 1.89. The fourth-order valence-corrected chi connectivity index (χ4v) is 10.4. The maximum absolute atomic E-state index is 5.13. The minimum Gasteiger partial charge on any atom is -0.309 e. The van der Waals surface area contributed by atoms with Crippen LogP contribution in [0.3, 0.4) is 0 Å². The number of hydrogen-bond acceptors (Lipinski definition) is 4. The molecule has 7 nitrogen and oxygen atoms in total. The molecule has 0 saturated carbocycles. The molecular formula is C62H39N7. The normalized spacial score (nSPS) is 11.8. The topological polar surface area (TPSA) is 66.3 Å². The lowest BCUT2D eigenvalue weighted by Gasteiger charge is -2.11. The molecule has 0 aliphatic carbocycles. The quantitative estimate of drug-likeness (QED) is 0.160. The highest BCUT2D eigenvalue weighted by Crippen LogP contribution is 2.40. The van der Waals surface area contributed by atoms with Crippen molar-refractivity contribution in [2.75, 3.05) is 0 Å². The molecule has 0 spiro atoms. The maximum Gasteiger partial charge on any atom is 0.238 e. The van der Waals surface area contributed by atoms with E-state index in [4.69, 9.17) is 19.9 Å². The molecule has 0 bridgehead atoms. The van der Waals surface area contributed by atoms with Crippen molar-refractivity contribution in [1.82, 2.24) is 33.6 Å². The van der Waals surface area contributed by atoms with Crippen molar-refractivity contribution in [2.45, 2.75) is 0 Å². The summed E-state index contributed by atoms with van der Waals surface area (Å²) in [4.78, 5) is 20.1. The summed E-state index contributed by atoms with van der Waals surface area (Å²) in [7, 11) is 0. The molecule has 14 rings (SSSR count). The van der Waals surface area contributed by atoms with Crippen LogP contribution in [0.15, 0.2) is 237 Å². The van der Waals surface area contributed by atoms with Gasteiger partial charge in [0.2, 0.25) is 5.95 Å². The lowest BCUT2D eigenvalue weighted by molar-refractivity contribution is 0.953. The first-order chi connectivity index (χ1) is 34.2. The molecule has 0 aliphatic rings. The lowest BCUT2D eigenvalue weighted by Crippen LogP contribution is -2.06. The third-order valence-corrected chi connectivity index (χ3v) is 13.5. The van der Waals surface area contributed by atoms with Crippen molar-refractivity contribution < 1.29 is 0 Å². The second-order valence-corrected chi connectivity index (χ2v) is 17.5. The number of aromatic nitrogens is 7. The van der Waals surface area contributed by atoms with Crippen LogP contribution in [0.5, 0.6) is 0 Å². The number of pyridine rings is 1. The van der Waals surface area contributed by atoms with E-state index in [1.165, 1.54) is 10.8 Å². The van der Waals surface area contributed by atoms with E-state index in [2.05, 4.69) is 177 Å². The van der Waals surface area contributed by atoms with Crippen LogP contribution in [0.2, 0.25) is 0 Å². The fourth-order valence-electron chi connectivity index (χ4n) is 10.4. The third-order valence-electron chi connectivity index (χ3n) is 13.5. The van der Waals surface area contributed by atoms with Crippen LogP contribution in [0.1, 0.15) is 0 Å². The van der Waals surface area contributed by atoms with Gasteiger partial charge in [-0.2, -0.15) is 9.97 Å². The van der Waals surface area contributed by atoms with Gasteiger partial charge in [-0.25, -0.2) is 4.98 Å². The van der Waals surface area contributed by atoms with E-state index in [-0.39, 0.29) is 0 Å². The van der Waals surface area contributed by atoms with Crippen molar-refractivity contribution in [3.63, 3.8) is 0 Å². The molecule has 0 fully saturated rings. The van der Waals surface area contributed by atoms with Crippen molar-refractivity contribution in [1.29, 1.82) is 0 Å². The summed E-state index contributed by atoms with van der Waals surface area (Å²) in [6, 6.07) is 81.5. The van der Waals surface area contributed by atoms with Crippen LogP contribution in [0, 0.1) is 0 Å². The van der Waals surface area contributed by atoms with E-state index in [9.17, 15) is 0 Å². The first-order valence-corrected chi connectivity index (χ1v) is 23.2. The minimum atomic E-state index is 0.577. The van der Waals surface area contributed by atoms with Crippen molar-refractivity contribution in [3.8, 4) is 62.4 Å². The van der Waals surface area contributed by atoms with Gasteiger partial charge in [-0.3, -0.25) is 9.55 Å². The summed E-state index contributed by atoms with van der Waals surface area (Å²) in [5, 5.41) is 5.80. The molecule has 7 heteroatoms. The zero-order chi connectivity index (χ0) is 45.4. The SMILES string of the molecule is c1ccc(-c2nc(-c3ccccc3)nc(-n3c4ccccc4c4cc(-c5cccc(-c6ccc7c(c6)c6ccccc6n7-c6ccc7c(c6)c6ncccc6n7-c6ccccc6)c5)ccc43)n2)cc1. The molecule has 69 heavy (non-hydrogen) atoms. The van der Waals surface area contributed by atoms with Crippen molar-refractivity contribution in [3.05, 3.63) is 237 Å². The standard InChI is InChI=1S/C62H39N7/c1-4-16-40(17-5-1)60-64-61(41-18-6-2-7-19-41)66-62(65-60)69-54-27-13-11-25-49(54)51-38-45(30-33-56(51)69)43-21-14-20-42(36-43)44-29-32-55-50(37-44)48-24-10-12-26-53(48)68(55)47-31-34-57-52(39-47)59-58(28-15-35-63-59)67(57)46-22-8-3-9-23-46/h1-39H. The summed E-state index contributed by atoms with van der Waals surface area (Å²) in [6.45, 7) is 0. The van der Waals surface area contributed by atoms with Crippen LogP contribution in [-0.2, 0) is 0 Å². The Bertz CT molecular complexity index is 4240. The molecule has 0 radical (unpaired) electrons. The number of fused-ring (bicyclic) bond motifs is 9. The molecule has 14 aromatic rings. The van der Waals surface area contributed by atoms with E-state index in [1.54, 1.807) is 0 Å². The molecule has 0 unspecified atom stereocenters. The van der Waals surface area contributed by atoms with E-state index in [1.807, 2.05) is 72.9 Å². The molecule has 0 N–H and O–H groups in total. The molecule has 0 atom stereocenters. The molecule has 0 amide bonds. The van der Waals surface area contributed by atoms with E-state index in [0.29, 0.717) is 17.6 Å². The van der Waals surface area contributed by atoms with Crippen LogP contribution in [0.4, 0.5) is 0 Å². The minimum absolute atomic E-state index is 0.577. The van der Waals surface area contributed by atoms with E-state index >= 15 is 0 Å². The van der Waals surface area contributed by atoms with Gasteiger partial charge in [0.05, 0.1) is 38.6 Å². The number of hydrogen-bond donors (Lipinski definition) is 0. The first kappa shape index (κ1) is 38.8. The zero-order valence-corrected chi connectivity index (χ0v) is 37.1. The second-order valence-electron chi connectivity index (χ2n) is 17.5. The fraction of sp³-hybridized carbons (Fsp3) is 0. The van der Waals surface area contributed by atoms with Crippen LogP contribution in [-0.4, -0.2) is 33.6 Å². The van der Waals surface area contributed by atoms with Crippen molar-refractivity contribution in [2.24, 2.45) is 0 Å². The van der Waals surface area contributed by atoms with Gasteiger partial charge in [0.1, 0.15) is 0 Å². The average Bonchev–Trinajstić information content (AvgIpc) is 4.06. The van der Waals surface area contributed by atoms with Crippen LogP contribution < -0.4 is 0 Å². The molecule has 0 saturated heterocycles. The van der Waals surface area contributed by atoms with Gasteiger partial charge >= 0.3 is 0 Å². The van der Waals surface area contributed by atoms with E-state index < -0.39 is 0 Å². The summed E-state index contributed by atoms with van der Waals surface area (Å²) in [5.74, 6) is 1.84. The highest BCUT2D eigenvalue weighted by molar-refractivity contribution is 6.13. The highest BCUT2D eigenvalue weighted by Gasteiger charge is 2.20. The number of para-hydroxylation sites is 3. The molecular weight excluding hydrogens is 843 g/mol. The largest absolute Gasteiger partial charge is 0.309 e. The van der Waals surface area contributed by atoms with Crippen molar-refractivity contribution >= 4 is 65.5 Å². The Hall–Kier alpha value is -9.46. The predicted molar refractivity (Wildman–Crippen MR) is 282 cm³/mol. The maximum atomic E-state index is 5.13.